The van der Waals surface area contributed by atoms with Gasteiger partial charge in [0.15, 0.2) is 0 Å². The molecule has 1 saturated carbocycles. The summed E-state index contributed by atoms with van der Waals surface area (Å²) in [6, 6.07) is 8.28. The fraction of sp³-hybridized carbons (Fsp3) is 0.458. The first-order chi connectivity index (χ1) is 14.6. The number of benzene rings is 2. The first kappa shape index (κ1) is 22.4. The van der Waals surface area contributed by atoms with Crippen molar-refractivity contribution in [1.29, 1.82) is 0 Å². The van der Waals surface area contributed by atoms with Crippen molar-refractivity contribution in [2.24, 2.45) is 0 Å². The summed E-state index contributed by atoms with van der Waals surface area (Å²) in [4.78, 5) is 13.7. The van der Waals surface area contributed by atoms with Gasteiger partial charge in [-0.1, -0.05) is 23.2 Å². The predicted molar refractivity (Wildman–Crippen MR) is 120 cm³/mol. The normalized spacial score (nSPS) is 20.0. The number of likely N-dealkylation sites (tertiary alicyclic amines) is 1. The van der Waals surface area contributed by atoms with E-state index in [9.17, 15) is 14.3 Å². The summed E-state index contributed by atoms with van der Waals surface area (Å²) in [5, 5.41) is 10.5. The van der Waals surface area contributed by atoms with Gasteiger partial charge in [0.2, 0.25) is 0 Å². The zero-order chi connectivity index (χ0) is 22.3. The Kier molecular flexibility index (Phi) is 6.21. The van der Waals surface area contributed by atoms with Gasteiger partial charge >= 0.3 is 5.97 Å². The number of carboxylic acids is 1. The molecule has 7 heteroatoms. The molecule has 0 amide bonds. The highest BCUT2D eigenvalue weighted by Crippen LogP contribution is 2.46. The van der Waals surface area contributed by atoms with Gasteiger partial charge in [-0.3, -0.25) is 4.90 Å². The number of aromatic carboxylic acids is 1. The maximum absolute atomic E-state index is 14.4. The second-order valence-corrected chi connectivity index (χ2v) is 9.87. The van der Waals surface area contributed by atoms with Crippen LogP contribution in [0.3, 0.4) is 0 Å². The summed E-state index contributed by atoms with van der Waals surface area (Å²) < 4.78 is 20.7. The number of carbonyl (C=O) groups is 1. The Morgan fingerprint density at radius 1 is 1.13 bits per heavy atom. The molecule has 0 bridgehead atoms. The van der Waals surface area contributed by atoms with Gasteiger partial charge in [-0.05, 0) is 87.4 Å². The van der Waals surface area contributed by atoms with Crippen LogP contribution in [0.5, 0.6) is 5.75 Å². The van der Waals surface area contributed by atoms with E-state index < -0.39 is 11.8 Å². The summed E-state index contributed by atoms with van der Waals surface area (Å²) in [6.45, 7) is 5.84. The van der Waals surface area contributed by atoms with E-state index in [1.165, 1.54) is 12.1 Å². The molecule has 166 valence electrons. The molecule has 0 unspecified atom stereocenters. The maximum Gasteiger partial charge on any atom is 0.338 e. The van der Waals surface area contributed by atoms with Crippen LogP contribution in [-0.2, 0) is 5.54 Å². The smallest absolute Gasteiger partial charge is 0.338 e. The summed E-state index contributed by atoms with van der Waals surface area (Å²) in [7, 11) is 0. The van der Waals surface area contributed by atoms with Crippen LogP contribution in [0, 0.1) is 5.82 Å². The van der Waals surface area contributed by atoms with Crippen molar-refractivity contribution in [2.45, 2.75) is 57.1 Å². The van der Waals surface area contributed by atoms with Gasteiger partial charge in [-0.15, -0.1) is 0 Å². The molecule has 1 aliphatic heterocycles. The van der Waals surface area contributed by atoms with E-state index in [0.717, 1.165) is 43.4 Å². The fourth-order valence-electron chi connectivity index (χ4n) is 4.36. The third-order valence-corrected chi connectivity index (χ3v) is 6.81. The molecular formula is C24H26Cl2FNO3. The van der Waals surface area contributed by atoms with E-state index in [0.29, 0.717) is 22.3 Å². The number of ether oxygens (including phenoxy) is 1. The second kappa shape index (κ2) is 8.61. The van der Waals surface area contributed by atoms with Crippen LogP contribution in [0.15, 0.2) is 30.3 Å². The minimum absolute atomic E-state index is 0.116. The molecule has 2 aromatic rings. The van der Waals surface area contributed by atoms with Crippen molar-refractivity contribution < 1.29 is 19.0 Å². The summed E-state index contributed by atoms with van der Waals surface area (Å²) in [5.41, 5.74) is 1.23. The third-order valence-electron chi connectivity index (χ3n) is 6.38. The van der Waals surface area contributed by atoms with Crippen LogP contribution < -0.4 is 4.74 Å². The molecule has 31 heavy (non-hydrogen) atoms. The molecule has 0 radical (unpaired) electrons. The molecule has 2 aliphatic rings. The molecule has 2 aromatic carbocycles. The zero-order valence-corrected chi connectivity index (χ0v) is 19.1. The number of nitrogens with zero attached hydrogens (tertiary/aromatic N) is 1. The van der Waals surface area contributed by atoms with Crippen LogP contribution in [0.4, 0.5) is 4.39 Å². The lowest BCUT2D eigenvalue weighted by atomic mass is 9.89. The summed E-state index contributed by atoms with van der Waals surface area (Å²) in [6.07, 6.45) is 3.63. The molecule has 2 fully saturated rings. The van der Waals surface area contributed by atoms with E-state index in [4.69, 9.17) is 27.9 Å². The van der Waals surface area contributed by atoms with Crippen LogP contribution >= 0.6 is 23.2 Å². The zero-order valence-electron chi connectivity index (χ0n) is 17.6. The molecule has 4 nitrogen and oxygen atoms in total. The van der Waals surface area contributed by atoms with Crippen molar-refractivity contribution >= 4 is 29.2 Å². The van der Waals surface area contributed by atoms with E-state index >= 15 is 0 Å². The van der Waals surface area contributed by atoms with Crippen LogP contribution in [0.2, 0.25) is 10.0 Å². The van der Waals surface area contributed by atoms with Crippen molar-refractivity contribution in [3.8, 4) is 5.75 Å². The molecular weight excluding hydrogens is 440 g/mol. The SMILES string of the molecule is CC(C)(c1cc(Cl)cc(Cl)c1)N1CCC[C@@H](Oc2cc(F)c(C(=O)O)cc2C2CC2)C1. The number of rotatable bonds is 6. The van der Waals surface area contributed by atoms with Gasteiger partial charge in [0.1, 0.15) is 17.7 Å². The molecule has 4 rings (SSSR count). The average molecular weight is 466 g/mol. The molecule has 1 atom stereocenters. The molecule has 1 heterocycles. The standard InChI is InChI=1S/C24H26Cl2FNO3/c1-24(2,15-8-16(25)10-17(26)9-15)28-7-3-4-18(13-28)31-22-12-21(27)20(23(29)30)11-19(22)14-5-6-14/h8-12,14,18H,3-7,13H2,1-2H3,(H,29,30)/t18-/m1/s1. The van der Waals surface area contributed by atoms with E-state index in [2.05, 4.69) is 18.7 Å². The van der Waals surface area contributed by atoms with Gasteiger partial charge in [-0.2, -0.15) is 0 Å². The van der Waals surface area contributed by atoms with E-state index in [1.54, 1.807) is 6.07 Å². The lowest BCUT2D eigenvalue weighted by molar-refractivity contribution is 0.0243. The number of carboxylic acid groups (broad SMARTS) is 1. The van der Waals surface area contributed by atoms with Gasteiger partial charge in [0.25, 0.3) is 0 Å². The predicted octanol–water partition coefficient (Wildman–Crippen LogP) is 6.49. The molecule has 1 aliphatic carbocycles. The number of halogens is 3. The summed E-state index contributed by atoms with van der Waals surface area (Å²) in [5.74, 6) is -1.29. The Hall–Kier alpha value is -1.82. The maximum atomic E-state index is 14.4. The highest BCUT2D eigenvalue weighted by molar-refractivity contribution is 6.34. The highest BCUT2D eigenvalue weighted by Gasteiger charge is 2.35. The van der Waals surface area contributed by atoms with E-state index in [1.807, 2.05) is 12.1 Å². The van der Waals surface area contributed by atoms with E-state index in [-0.39, 0.29) is 23.1 Å². The molecule has 0 spiro atoms. The third kappa shape index (κ3) is 4.84. The lowest BCUT2D eigenvalue weighted by Gasteiger charge is -2.44. The second-order valence-electron chi connectivity index (χ2n) is 8.99. The number of hydrogen-bond donors (Lipinski definition) is 1. The number of hydrogen-bond acceptors (Lipinski definition) is 3. The highest BCUT2D eigenvalue weighted by atomic mass is 35.5. The largest absolute Gasteiger partial charge is 0.489 e. The number of piperidine rings is 1. The van der Waals surface area contributed by atoms with Crippen LogP contribution in [-0.4, -0.2) is 35.2 Å². The average Bonchev–Trinajstić information content (AvgIpc) is 3.52. The Balaban J connectivity index is 1.56. The first-order valence-corrected chi connectivity index (χ1v) is 11.4. The van der Waals surface area contributed by atoms with Crippen molar-refractivity contribution in [3.05, 3.63) is 62.9 Å². The van der Waals surface area contributed by atoms with Crippen molar-refractivity contribution in [3.63, 3.8) is 0 Å². The van der Waals surface area contributed by atoms with Gasteiger partial charge < -0.3 is 9.84 Å². The summed E-state index contributed by atoms with van der Waals surface area (Å²) >= 11 is 12.5. The Morgan fingerprint density at radius 3 is 2.42 bits per heavy atom. The Labute approximate surface area is 191 Å². The quantitative estimate of drug-likeness (QED) is 0.529. The van der Waals surface area contributed by atoms with Gasteiger partial charge in [0.05, 0.1) is 5.56 Å². The molecule has 1 saturated heterocycles. The lowest BCUT2D eigenvalue weighted by Crippen LogP contribution is -2.50. The van der Waals surface area contributed by atoms with Gasteiger partial charge in [0, 0.05) is 28.2 Å². The minimum atomic E-state index is -1.25. The van der Waals surface area contributed by atoms with Crippen LogP contribution in [0.1, 0.15) is 66.9 Å². The van der Waals surface area contributed by atoms with Crippen molar-refractivity contribution in [2.75, 3.05) is 13.1 Å². The van der Waals surface area contributed by atoms with Gasteiger partial charge in [-0.25, -0.2) is 9.18 Å². The first-order valence-electron chi connectivity index (χ1n) is 10.6. The Morgan fingerprint density at radius 2 is 1.81 bits per heavy atom. The van der Waals surface area contributed by atoms with Crippen LogP contribution in [0.25, 0.3) is 0 Å². The molecule has 1 N–H and O–H groups in total. The Bertz CT molecular complexity index is 986. The molecule has 0 aromatic heterocycles. The fourth-order valence-corrected chi connectivity index (χ4v) is 4.89. The monoisotopic (exact) mass is 465 g/mol. The topological polar surface area (TPSA) is 49.8 Å². The minimum Gasteiger partial charge on any atom is -0.489 e. The van der Waals surface area contributed by atoms with Crippen molar-refractivity contribution in [1.82, 2.24) is 4.90 Å².